The first-order chi connectivity index (χ1) is 14.4. The highest BCUT2D eigenvalue weighted by Crippen LogP contribution is 2.43. The molecule has 1 aromatic carbocycles. The van der Waals surface area contributed by atoms with Crippen molar-refractivity contribution in [3.63, 3.8) is 0 Å². The van der Waals surface area contributed by atoms with Crippen molar-refractivity contribution in [3.8, 4) is 5.75 Å². The number of aromatic nitrogens is 1. The topological polar surface area (TPSA) is 97.6 Å². The van der Waals surface area contributed by atoms with Crippen LogP contribution in [0.5, 0.6) is 5.75 Å². The van der Waals surface area contributed by atoms with Crippen LogP contribution in [0.4, 0.5) is 10.5 Å². The van der Waals surface area contributed by atoms with E-state index in [2.05, 4.69) is 10.3 Å². The number of rotatable bonds is 4. The van der Waals surface area contributed by atoms with Crippen molar-refractivity contribution in [2.45, 2.75) is 57.5 Å². The largest absolute Gasteiger partial charge is 0.496 e. The quantitative estimate of drug-likeness (QED) is 0.810. The maximum atomic E-state index is 12.7. The van der Waals surface area contributed by atoms with Crippen molar-refractivity contribution in [1.82, 2.24) is 9.88 Å². The average Bonchev–Trinajstić information content (AvgIpc) is 2.74. The van der Waals surface area contributed by atoms with Crippen LogP contribution in [0.15, 0.2) is 30.6 Å². The van der Waals surface area contributed by atoms with Crippen molar-refractivity contribution >= 4 is 17.6 Å². The van der Waals surface area contributed by atoms with Gasteiger partial charge in [0.2, 0.25) is 5.91 Å². The number of nitrogens with zero attached hydrogens (tertiary/aromatic N) is 2. The van der Waals surface area contributed by atoms with E-state index in [4.69, 9.17) is 10.5 Å². The molecule has 1 fully saturated rings. The number of benzene rings is 1. The van der Waals surface area contributed by atoms with Crippen molar-refractivity contribution < 1.29 is 14.3 Å². The molecule has 1 aliphatic carbocycles. The number of carbonyl (C=O) groups excluding carboxylic acids is 2. The third-order valence-electron chi connectivity index (χ3n) is 6.79. The van der Waals surface area contributed by atoms with E-state index in [1.165, 1.54) is 0 Å². The van der Waals surface area contributed by atoms with Crippen molar-refractivity contribution in [2.75, 3.05) is 12.4 Å². The first-order valence-corrected chi connectivity index (χ1v) is 10.3. The summed E-state index contributed by atoms with van der Waals surface area (Å²) in [6, 6.07) is 5.83. The molecule has 0 atom stereocenters. The van der Waals surface area contributed by atoms with Crippen molar-refractivity contribution in [3.05, 3.63) is 52.8 Å². The molecular weight excluding hydrogens is 380 g/mol. The monoisotopic (exact) mass is 408 g/mol. The number of anilines is 1. The summed E-state index contributed by atoms with van der Waals surface area (Å²) in [6.45, 7) is 4.54. The number of primary amides is 1. The van der Waals surface area contributed by atoms with Crippen LogP contribution >= 0.6 is 0 Å². The minimum absolute atomic E-state index is 0.0607. The summed E-state index contributed by atoms with van der Waals surface area (Å²) in [7, 11) is 1.63. The van der Waals surface area contributed by atoms with E-state index in [0.29, 0.717) is 32.2 Å². The number of hydrogen-bond donors (Lipinski definition) is 2. The zero-order chi connectivity index (χ0) is 21.5. The second-order valence-corrected chi connectivity index (χ2v) is 8.40. The second-order valence-electron chi connectivity index (χ2n) is 8.40. The highest BCUT2D eigenvalue weighted by Gasteiger charge is 2.44. The van der Waals surface area contributed by atoms with Crippen molar-refractivity contribution in [1.29, 1.82) is 0 Å². The van der Waals surface area contributed by atoms with Gasteiger partial charge in [-0.15, -0.1) is 0 Å². The molecule has 0 bridgehead atoms. The predicted octanol–water partition coefficient (Wildman–Crippen LogP) is 3.42. The van der Waals surface area contributed by atoms with Crippen LogP contribution in [-0.4, -0.2) is 35.0 Å². The van der Waals surface area contributed by atoms with Gasteiger partial charge in [-0.2, -0.15) is 0 Å². The number of hydrogen-bond acceptors (Lipinski definition) is 4. The summed E-state index contributed by atoms with van der Waals surface area (Å²) >= 11 is 0. The van der Waals surface area contributed by atoms with Crippen LogP contribution in [-0.2, 0) is 16.8 Å². The van der Waals surface area contributed by atoms with Gasteiger partial charge in [0.15, 0.2) is 0 Å². The molecule has 0 unspecified atom stereocenters. The number of aryl methyl sites for hydroxylation is 2. The van der Waals surface area contributed by atoms with Crippen LogP contribution in [0.3, 0.4) is 0 Å². The number of carbonyl (C=O) groups is 2. The lowest BCUT2D eigenvalue weighted by molar-refractivity contribution is -0.125. The predicted molar refractivity (Wildman–Crippen MR) is 114 cm³/mol. The smallest absolute Gasteiger partial charge is 0.322 e. The molecule has 158 valence electrons. The maximum Gasteiger partial charge on any atom is 0.322 e. The molecule has 3 amide bonds. The molecule has 0 radical (unpaired) electrons. The van der Waals surface area contributed by atoms with Crippen LogP contribution in [0, 0.1) is 13.8 Å². The first kappa shape index (κ1) is 20.2. The van der Waals surface area contributed by atoms with Gasteiger partial charge < -0.3 is 20.7 Å². The molecule has 30 heavy (non-hydrogen) atoms. The minimum Gasteiger partial charge on any atom is -0.496 e. The summed E-state index contributed by atoms with van der Waals surface area (Å²) in [4.78, 5) is 31.4. The van der Waals surface area contributed by atoms with Crippen LogP contribution in [0.25, 0.3) is 0 Å². The molecule has 2 aromatic rings. The molecule has 7 nitrogen and oxygen atoms in total. The SMILES string of the molecule is COc1cc(C2(C(N)=O)CCC(N3Cc4c(C)cncc4NC3=O)CC2)ccc1C. The van der Waals surface area contributed by atoms with Crippen LogP contribution < -0.4 is 15.8 Å². The lowest BCUT2D eigenvalue weighted by Gasteiger charge is -2.43. The summed E-state index contributed by atoms with van der Waals surface area (Å²) in [6.07, 6.45) is 6.15. The first-order valence-electron chi connectivity index (χ1n) is 10.3. The molecule has 1 aliphatic heterocycles. The Morgan fingerprint density at radius 2 is 1.97 bits per heavy atom. The van der Waals surface area contributed by atoms with E-state index in [1.54, 1.807) is 13.3 Å². The zero-order valence-electron chi connectivity index (χ0n) is 17.7. The molecule has 0 saturated heterocycles. The molecule has 2 heterocycles. The Morgan fingerprint density at radius 3 is 2.63 bits per heavy atom. The number of nitrogens with one attached hydrogen (secondary N) is 1. The summed E-state index contributed by atoms with van der Waals surface area (Å²) < 4.78 is 5.46. The summed E-state index contributed by atoms with van der Waals surface area (Å²) in [5.41, 5.74) is 10.0. The van der Waals surface area contributed by atoms with Gasteiger partial charge in [-0.25, -0.2) is 4.79 Å². The molecule has 1 aromatic heterocycles. The number of fused-ring (bicyclic) bond motifs is 1. The molecular formula is C23H28N4O3. The Labute approximate surface area is 176 Å². The Bertz CT molecular complexity index is 996. The Morgan fingerprint density at radius 1 is 1.23 bits per heavy atom. The Balaban J connectivity index is 1.57. The molecule has 4 rings (SSSR count). The normalized spacial score (nSPS) is 23.5. The Hall–Kier alpha value is -3.09. The van der Waals surface area contributed by atoms with Gasteiger partial charge in [-0.05, 0) is 62.3 Å². The molecule has 3 N–H and O–H groups in total. The van der Waals surface area contributed by atoms with Gasteiger partial charge in [0, 0.05) is 17.8 Å². The zero-order valence-corrected chi connectivity index (χ0v) is 17.7. The van der Waals surface area contributed by atoms with Crippen molar-refractivity contribution in [2.24, 2.45) is 5.73 Å². The number of urea groups is 1. The van der Waals surface area contributed by atoms with Gasteiger partial charge in [-0.1, -0.05) is 12.1 Å². The second kappa shape index (κ2) is 7.63. The van der Waals surface area contributed by atoms with E-state index in [9.17, 15) is 9.59 Å². The summed E-state index contributed by atoms with van der Waals surface area (Å²) in [5, 5.41) is 2.96. The van der Waals surface area contributed by atoms with E-state index in [0.717, 1.165) is 33.7 Å². The third-order valence-corrected chi connectivity index (χ3v) is 6.79. The lowest BCUT2D eigenvalue weighted by atomic mass is 9.67. The van der Waals surface area contributed by atoms with E-state index in [1.807, 2.05) is 43.1 Å². The van der Waals surface area contributed by atoms with Gasteiger partial charge >= 0.3 is 6.03 Å². The summed E-state index contributed by atoms with van der Waals surface area (Å²) in [5.74, 6) is 0.438. The van der Waals surface area contributed by atoms with E-state index < -0.39 is 5.41 Å². The van der Waals surface area contributed by atoms with E-state index in [-0.39, 0.29) is 18.0 Å². The fraction of sp³-hybridized carbons (Fsp3) is 0.435. The number of nitrogens with two attached hydrogens (primary N) is 1. The number of pyridine rings is 1. The van der Waals surface area contributed by atoms with E-state index >= 15 is 0 Å². The Kier molecular flexibility index (Phi) is 5.13. The highest BCUT2D eigenvalue weighted by atomic mass is 16.5. The number of ether oxygens (including phenoxy) is 1. The molecule has 0 spiro atoms. The minimum atomic E-state index is -0.735. The van der Waals surface area contributed by atoms with Gasteiger partial charge in [0.05, 0.1) is 31.0 Å². The fourth-order valence-corrected chi connectivity index (χ4v) is 4.84. The maximum absolute atomic E-state index is 12.7. The molecule has 2 aliphatic rings. The van der Waals surface area contributed by atoms with Gasteiger partial charge in [0.1, 0.15) is 5.75 Å². The van der Waals surface area contributed by atoms with Crippen LogP contribution in [0.1, 0.15) is 47.9 Å². The van der Waals surface area contributed by atoms with Crippen LogP contribution in [0.2, 0.25) is 0 Å². The molecule has 1 saturated carbocycles. The van der Waals surface area contributed by atoms with Gasteiger partial charge in [0.25, 0.3) is 0 Å². The fourth-order valence-electron chi connectivity index (χ4n) is 4.84. The van der Waals surface area contributed by atoms with Gasteiger partial charge in [-0.3, -0.25) is 9.78 Å². The lowest BCUT2D eigenvalue weighted by Crippen LogP contribution is -2.51. The average molecular weight is 409 g/mol. The third kappa shape index (κ3) is 3.28. The molecule has 7 heteroatoms. The highest BCUT2D eigenvalue weighted by molar-refractivity contribution is 5.92. The number of methoxy groups -OCH3 is 1. The standard InChI is InChI=1S/C23H28N4O3/c1-14-4-5-16(10-20(14)30-3)23(21(24)28)8-6-17(7-9-23)27-13-18-15(2)11-25-12-19(18)26-22(27)29/h4-5,10-12,17H,6-9,13H2,1-3H3,(H2,24,28)(H,26,29). The number of amides is 3.